The van der Waals surface area contributed by atoms with Crippen molar-refractivity contribution in [2.75, 3.05) is 0 Å². The third kappa shape index (κ3) is 5.96. The Kier molecular flexibility index (Phi) is 7.91. The molecular weight excluding hydrogens is 350 g/mol. The summed E-state index contributed by atoms with van der Waals surface area (Å²) in [5.41, 5.74) is 1.23. The molecule has 0 heterocycles. The van der Waals surface area contributed by atoms with Crippen molar-refractivity contribution in [3.63, 3.8) is 0 Å². The molecule has 0 bridgehead atoms. The fourth-order valence-electron chi connectivity index (χ4n) is 3.19. The Labute approximate surface area is 167 Å². The van der Waals surface area contributed by atoms with Gasteiger partial charge < -0.3 is 9.64 Å². The quantitative estimate of drug-likeness (QED) is 0.503. The van der Waals surface area contributed by atoms with Crippen molar-refractivity contribution in [1.29, 1.82) is 0 Å². The van der Waals surface area contributed by atoms with Gasteiger partial charge in [-0.2, -0.15) is 0 Å². The van der Waals surface area contributed by atoms with Crippen LogP contribution in [-0.2, 0) is 4.74 Å². The molecule has 0 aliphatic carbocycles. The van der Waals surface area contributed by atoms with Crippen LogP contribution in [0.25, 0.3) is 5.20 Å². The fraction of sp³-hybridized carbons (Fsp3) is 0.609. The molecule has 0 aliphatic heterocycles. The average molecular weight is 390 g/mol. The van der Waals surface area contributed by atoms with Gasteiger partial charge in [-0.15, -0.1) is 0 Å². The van der Waals surface area contributed by atoms with E-state index in [4.69, 9.17) is 4.74 Å². The first-order chi connectivity index (χ1) is 12.3. The van der Waals surface area contributed by atoms with E-state index in [1.165, 1.54) is 10.8 Å². The first-order valence-electron chi connectivity index (χ1n) is 10.1. The second-order valence-electron chi connectivity index (χ2n) is 9.51. The van der Waals surface area contributed by atoms with E-state index in [0.29, 0.717) is 0 Å². The average Bonchev–Trinajstić information content (AvgIpc) is 2.51. The Balaban J connectivity index is 3.23. The van der Waals surface area contributed by atoms with Crippen molar-refractivity contribution in [1.82, 2.24) is 4.90 Å². The van der Waals surface area contributed by atoms with Crippen molar-refractivity contribution in [2.24, 2.45) is 0 Å². The van der Waals surface area contributed by atoms with E-state index in [1.54, 1.807) is 4.90 Å². The molecule has 0 radical (unpaired) electrons. The molecule has 27 heavy (non-hydrogen) atoms. The van der Waals surface area contributed by atoms with Gasteiger partial charge in [0.15, 0.2) is 0 Å². The molecule has 3 nitrogen and oxygen atoms in total. The van der Waals surface area contributed by atoms with Gasteiger partial charge >= 0.3 is 6.09 Å². The minimum absolute atomic E-state index is 0.114. The second kappa shape index (κ2) is 9.09. The highest BCUT2D eigenvalue weighted by atomic mass is 28.3. The molecular formula is C23H39NO2Si. The highest BCUT2D eigenvalue weighted by Crippen LogP contribution is 2.44. The molecule has 1 aromatic rings. The van der Waals surface area contributed by atoms with Crippen LogP contribution in [0.15, 0.2) is 36.4 Å². The summed E-state index contributed by atoms with van der Waals surface area (Å²) in [6, 6.07) is 10.7. The van der Waals surface area contributed by atoms with E-state index in [-0.39, 0.29) is 29.3 Å². The number of carbonyl (C=O) groups excluding carboxylic acids is 1. The lowest BCUT2D eigenvalue weighted by atomic mass is 10.2. The summed E-state index contributed by atoms with van der Waals surface area (Å²) < 4.78 is 5.83. The molecule has 1 atom stereocenters. The summed E-state index contributed by atoms with van der Waals surface area (Å²) in [4.78, 5) is 14.5. The Morgan fingerprint density at radius 1 is 1.00 bits per heavy atom. The van der Waals surface area contributed by atoms with E-state index in [1.807, 2.05) is 40.7 Å². The van der Waals surface area contributed by atoms with Crippen molar-refractivity contribution in [3.8, 4) is 0 Å². The van der Waals surface area contributed by atoms with Crippen LogP contribution in [0.4, 0.5) is 4.79 Å². The zero-order valence-corrected chi connectivity index (χ0v) is 20.0. The molecule has 1 unspecified atom stereocenters. The van der Waals surface area contributed by atoms with Crippen LogP contribution >= 0.6 is 0 Å². The van der Waals surface area contributed by atoms with Crippen LogP contribution in [0.2, 0.25) is 18.1 Å². The highest BCUT2D eigenvalue weighted by Gasteiger charge is 2.39. The summed E-state index contributed by atoms with van der Waals surface area (Å²) in [5, 5.41) is 1.54. The summed E-state index contributed by atoms with van der Waals surface area (Å²) >= 11 is 0. The zero-order valence-electron chi connectivity index (χ0n) is 19.0. The van der Waals surface area contributed by atoms with Gasteiger partial charge in [-0.25, -0.2) is 4.79 Å². The number of carbonyl (C=O) groups is 1. The predicted octanol–water partition coefficient (Wildman–Crippen LogP) is 6.76. The van der Waals surface area contributed by atoms with E-state index >= 15 is 0 Å². The van der Waals surface area contributed by atoms with Crippen LogP contribution in [0, 0.1) is 0 Å². The summed E-state index contributed by atoms with van der Waals surface area (Å²) in [6.07, 6.45) is 1.65. The predicted molar refractivity (Wildman–Crippen MR) is 120 cm³/mol. The monoisotopic (exact) mass is 389 g/mol. The molecule has 0 fully saturated rings. The number of nitrogens with zero attached hydrogens (tertiary/aromatic N) is 1. The lowest BCUT2D eigenvalue weighted by Crippen LogP contribution is -2.43. The molecule has 0 saturated carbocycles. The van der Waals surface area contributed by atoms with E-state index < -0.39 is 8.07 Å². The number of hydrogen-bond acceptors (Lipinski definition) is 2. The van der Waals surface area contributed by atoms with Gasteiger partial charge in [-0.3, -0.25) is 0 Å². The Morgan fingerprint density at radius 3 is 1.89 bits per heavy atom. The number of benzene rings is 1. The first-order valence-corrected chi connectivity index (χ1v) is 13.1. The third-order valence-corrected chi connectivity index (χ3v) is 11.2. The zero-order chi connectivity index (χ0) is 21.0. The smallest absolute Gasteiger partial charge is 0.410 e. The lowest BCUT2D eigenvalue weighted by molar-refractivity contribution is 0.0655. The van der Waals surface area contributed by atoms with Crippen LogP contribution < -0.4 is 0 Å². The Hall–Kier alpha value is -1.55. The number of ether oxygens (including phenoxy) is 1. The maximum absolute atomic E-state index is 12.7. The van der Waals surface area contributed by atoms with E-state index in [0.717, 1.165) is 0 Å². The van der Waals surface area contributed by atoms with Crippen LogP contribution in [0.5, 0.6) is 0 Å². The molecule has 1 rings (SSSR count). The van der Waals surface area contributed by atoms with Crippen molar-refractivity contribution in [2.45, 2.75) is 91.7 Å². The van der Waals surface area contributed by atoms with Crippen molar-refractivity contribution >= 4 is 19.4 Å². The largest absolute Gasteiger partial charge is 0.442 e. The normalized spacial score (nSPS) is 14.4. The van der Waals surface area contributed by atoms with Crippen LogP contribution in [0.1, 0.15) is 61.0 Å². The molecule has 0 aliphatic rings. The van der Waals surface area contributed by atoms with E-state index in [2.05, 4.69) is 64.2 Å². The van der Waals surface area contributed by atoms with Crippen molar-refractivity contribution < 1.29 is 9.53 Å². The SMILES string of the molecule is CC(/C=C(\c1ccccc1)[Si](C)(C)C(C)(C)C)OC(=O)N(C(C)C)C(C)C. The minimum atomic E-state index is -1.80. The lowest BCUT2D eigenvalue weighted by Gasteiger charge is -2.40. The van der Waals surface area contributed by atoms with Gasteiger partial charge in [0.1, 0.15) is 6.10 Å². The van der Waals surface area contributed by atoms with Gasteiger partial charge in [-0.05, 0) is 51.3 Å². The Morgan fingerprint density at radius 2 is 1.48 bits per heavy atom. The molecule has 0 saturated heterocycles. The second-order valence-corrected chi connectivity index (χ2v) is 14.8. The van der Waals surface area contributed by atoms with Crippen LogP contribution in [0.3, 0.4) is 0 Å². The van der Waals surface area contributed by atoms with Gasteiger partial charge in [0.2, 0.25) is 0 Å². The maximum atomic E-state index is 12.7. The summed E-state index contributed by atoms with van der Waals surface area (Å²) in [5.74, 6) is 0. The topological polar surface area (TPSA) is 29.5 Å². The molecule has 1 aromatic carbocycles. The Bertz CT molecular complexity index is 634. The number of amides is 1. The van der Waals surface area contributed by atoms with Gasteiger partial charge in [0, 0.05) is 12.1 Å². The fourth-order valence-corrected chi connectivity index (χ4v) is 5.54. The summed E-state index contributed by atoms with van der Waals surface area (Å²) in [7, 11) is -1.80. The van der Waals surface area contributed by atoms with Gasteiger partial charge in [0.05, 0.1) is 8.07 Å². The molecule has 152 valence electrons. The van der Waals surface area contributed by atoms with E-state index in [9.17, 15) is 4.79 Å². The minimum Gasteiger partial charge on any atom is -0.442 e. The number of hydrogen-bond donors (Lipinski definition) is 0. The van der Waals surface area contributed by atoms with Gasteiger partial charge in [0.25, 0.3) is 0 Å². The standard InChI is InChI=1S/C23H39NO2Si/c1-17(2)24(18(3)4)22(25)26-19(5)16-21(20-14-12-11-13-15-20)27(9,10)23(6,7)8/h11-19H,1-10H3/b21-16+. The maximum Gasteiger partial charge on any atom is 0.410 e. The van der Waals surface area contributed by atoms with Crippen molar-refractivity contribution in [3.05, 3.63) is 42.0 Å². The molecule has 0 aromatic heterocycles. The highest BCUT2D eigenvalue weighted by molar-refractivity contribution is 6.96. The summed E-state index contributed by atoms with van der Waals surface area (Å²) in [6.45, 7) is 21.8. The molecule has 0 N–H and O–H groups in total. The molecule has 0 spiro atoms. The first kappa shape index (κ1) is 23.5. The van der Waals surface area contributed by atoms with Crippen LogP contribution in [-0.4, -0.2) is 37.3 Å². The third-order valence-electron chi connectivity index (χ3n) is 5.64. The molecule has 1 amide bonds. The number of rotatable bonds is 6. The molecule has 4 heteroatoms. The van der Waals surface area contributed by atoms with Gasteiger partial charge in [-0.1, -0.05) is 69.4 Å².